The van der Waals surface area contributed by atoms with Gasteiger partial charge < -0.3 is 9.30 Å². The van der Waals surface area contributed by atoms with Gasteiger partial charge in [-0.05, 0) is 48.9 Å². The molecule has 0 bridgehead atoms. The van der Waals surface area contributed by atoms with Crippen molar-refractivity contribution in [2.45, 2.75) is 13.5 Å². The van der Waals surface area contributed by atoms with Crippen molar-refractivity contribution in [1.82, 2.24) is 9.55 Å². The van der Waals surface area contributed by atoms with Crippen LogP contribution in [0, 0.1) is 5.82 Å². The first-order valence-corrected chi connectivity index (χ1v) is 6.93. The summed E-state index contributed by atoms with van der Waals surface area (Å²) in [5, 5.41) is 0.930. The van der Waals surface area contributed by atoms with E-state index in [0.717, 1.165) is 17.4 Å². The fourth-order valence-electron chi connectivity index (χ4n) is 2.06. The lowest BCUT2D eigenvalue weighted by atomic mass is 10.2. The van der Waals surface area contributed by atoms with Crippen molar-refractivity contribution < 1.29 is 13.9 Å². The molecule has 0 fully saturated rings. The molecular weight excluding hydrogens is 283 g/mol. The van der Waals surface area contributed by atoms with Gasteiger partial charge in [0, 0.05) is 36.0 Å². The van der Waals surface area contributed by atoms with E-state index in [9.17, 15) is 9.18 Å². The molecule has 22 heavy (non-hydrogen) atoms. The maximum atomic E-state index is 13.1. The van der Waals surface area contributed by atoms with Crippen molar-refractivity contribution in [3.8, 4) is 0 Å². The molecule has 0 aliphatic rings. The summed E-state index contributed by atoms with van der Waals surface area (Å²) < 4.78 is 19.3. The van der Waals surface area contributed by atoms with Gasteiger partial charge in [0.1, 0.15) is 5.82 Å². The lowest BCUT2D eigenvalue weighted by molar-refractivity contribution is -0.128. The molecule has 3 rings (SSSR count). The van der Waals surface area contributed by atoms with Gasteiger partial charge >= 0.3 is 0 Å². The number of carbonyl (C=O) groups is 1. The predicted molar refractivity (Wildman–Crippen MR) is 82.9 cm³/mol. The van der Waals surface area contributed by atoms with Crippen LogP contribution < -0.4 is 0 Å². The highest BCUT2D eigenvalue weighted by Gasteiger charge is 2.02. The maximum Gasteiger partial charge on any atom is 0.293 e. The van der Waals surface area contributed by atoms with Crippen LogP contribution in [0.4, 0.5) is 4.39 Å². The molecule has 0 aliphatic heterocycles. The molecule has 2 heterocycles. The highest BCUT2D eigenvalue weighted by atomic mass is 19.1. The van der Waals surface area contributed by atoms with Gasteiger partial charge in [-0.1, -0.05) is 0 Å². The van der Waals surface area contributed by atoms with Crippen LogP contribution in [0.2, 0.25) is 0 Å². The lowest BCUT2D eigenvalue weighted by Crippen LogP contribution is -1.97. The van der Waals surface area contributed by atoms with Crippen LogP contribution in [0.15, 0.2) is 55.0 Å². The van der Waals surface area contributed by atoms with E-state index in [1.165, 1.54) is 11.6 Å². The largest absolute Gasteiger partial charge is 0.468 e. The minimum atomic E-state index is -0.195. The van der Waals surface area contributed by atoms with Crippen molar-refractivity contribution in [3.05, 3.63) is 66.4 Å². The number of hydrogen-bond acceptors (Lipinski definition) is 3. The number of nitrogens with zero attached hydrogens (tertiary/aromatic N) is 2. The van der Waals surface area contributed by atoms with Crippen molar-refractivity contribution in [3.63, 3.8) is 0 Å². The molecule has 0 saturated carbocycles. The molecule has 0 spiro atoms. The summed E-state index contributed by atoms with van der Waals surface area (Å²) in [5.41, 5.74) is 2.23. The highest BCUT2D eigenvalue weighted by Crippen LogP contribution is 2.18. The van der Waals surface area contributed by atoms with Crippen LogP contribution in [0.5, 0.6) is 0 Å². The standard InChI is InChI=1S/C14H11FN2.C3H6O2/c15-13-1-2-14-12(9-13)5-8-17(14)10-11-3-6-16-7-4-11;1-2-5-3-4/h1-9H,10H2;3H,2H2,1H3. The molecule has 0 saturated heterocycles. The Labute approximate surface area is 128 Å². The third kappa shape index (κ3) is 4.15. The number of benzene rings is 1. The van der Waals surface area contributed by atoms with Gasteiger partial charge in [0.2, 0.25) is 0 Å². The molecule has 0 radical (unpaired) electrons. The Morgan fingerprint density at radius 3 is 2.64 bits per heavy atom. The number of aromatic nitrogens is 2. The van der Waals surface area contributed by atoms with Crippen molar-refractivity contribution >= 4 is 17.4 Å². The Kier molecular flexibility index (Phi) is 5.65. The zero-order valence-electron chi connectivity index (χ0n) is 12.3. The Bertz CT molecular complexity index is 726. The Balaban J connectivity index is 0.000000309. The summed E-state index contributed by atoms with van der Waals surface area (Å²) >= 11 is 0. The summed E-state index contributed by atoms with van der Waals surface area (Å²) in [6.45, 7) is 3.44. The Morgan fingerprint density at radius 1 is 1.23 bits per heavy atom. The second-order valence-electron chi connectivity index (χ2n) is 4.55. The molecular formula is C17H17FN2O2. The minimum absolute atomic E-state index is 0.195. The van der Waals surface area contributed by atoms with E-state index in [1.807, 2.05) is 30.5 Å². The number of fused-ring (bicyclic) bond motifs is 1. The minimum Gasteiger partial charge on any atom is -0.468 e. The predicted octanol–water partition coefficient (Wildman–Crippen LogP) is 3.40. The van der Waals surface area contributed by atoms with Gasteiger partial charge in [0.15, 0.2) is 0 Å². The average molecular weight is 300 g/mol. The number of halogens is 1. The van der Waals surface area contributed by atoms with Crippen molar-refractivity contribution in [2.24, 2.45) is 0 Å². The number of carbonyl (C=O) groups excluding carboxylic acids is 1. The monoisotopic (exact) mass is 300 g/mol. The van der Waals surface area contributed by atoms with Crippen LogP contribution in [-0.2, 0) is 16.1 Å². The van der Waals surface area contributed by atoms with Gasteiger partial charge in [-0.15, -0.1) is 0 Å². The number of rotatable bonds is 4. The molecule has 0 amide bonds. The zero-order chi connectivity index (χ0) is 15.8. The molecule has 3 aromatic rings. The highest BCUT2D eigenvalue weighted by molar-refractivity contribution is 5.80. The van der Waals surface area contributed by atoms with Crippen LogP contribution in [-0.4, -0.2) is 22.6 Å². The van der Waals surface area contributed by atoms with E-state index in [-0.39, 0.29) is 5.82 Å². The number of pyridine rings is 1. The molecule has 2 aromatic heterocycles. The van der Waals surface area contributed by atoms with Gasteiger partial charge in [-0.3, -0.25) is 9.78 Å². The molecule has 0 N–H and O–H groups in total. The van der Waals surface area contributed by atoms with E-state index >= 15 is 0 Å². The fourth-order valence-corrected chi connectivity index (χ4v) is 2.06. The van der Waals surface area contributed by atoms with Crippen LogP contribution in [0.3, 0.4) is 0 Å². The summed E-state index contributed by atoms with van der Waals surface area (Å²) in [6.07, 6.45) is 5.53. The van der Waals surface area contributed by atoms with E-state index in [1.54, 1.807) is 25.4 Å². The molecule has 0 unspecified atom stereocenters. The normalized spacial score (nSPS) is 9.91. The van der Waals surface area contributed by atoms with Crippen LogP contribution in [0.25, 0.3) is 10.9 Å². The van der Waals surface area contributed by atoms with E-state index < -0.39 is 0 Å². The maximum absolute atomic E-state index is 13.1. The Morgan fingerprint density at radius 2 is 2.00 bits per heavy atom. The van der Waals surface area contributed by atoms with Crippen LogP contribution in [0.1, 0.15) is 12.5 Å². The van der Waals surface area contributed by atoms with Gasteiger partial charge in [0.25, 0.3) is 6.47 Å². The number of ether oxygens (including phenoxy) is 1. The SMILES string of the molecule is CCOC=O.Fc1ccc2c(ccn2Cc2ccncc2)c1. The smallest absolute Gasteiger partial charge is 0.293 e. The van der Waals surface area contributed by atoms with E-state index in [2.05, 4.69) is 14.3 Å². The third-order valence-electron chi connectivity index (χ3n) is 3.07. The first-order chi connectivity index (χ1) is 10.7. The first kappa shape index (κ1) is 15.7. The van der Waals surface area contributed by atoms with E-state index in [4.69, 9.17) is 0 Å². The van der Waals surface area contributed by atoms with Crippen molar-refractivity contribution in [2.75, 3.05) is 6.61 Å². The van der Waals surface area contributed by atoms with E-state index in [0.29, 0.717) is 13.1 Å². The first-order valence-electron chi connectivity index (χ1n) is 6.93. The Hall–Kier alpha value is -2.69. The molecule has 114 valence electrons. The lowest BCUT2D eigenvalue weighted by Gasteiger charge is -2.05. The molecule has 1 aromatic carbocycles. The quantitative estimate of drug-likeness (QED) is 0.694. The van der Waals surface area contributed by atoms with Gasteiger partial charge in [-0.2, -0.15) is 0 Å². The average Bonchev–Trinajstić information content (AvgIpc) is 2.92. The molecule has 5 heteroatoms. The summed E-state index contributed by atoms with van der Waals surface area (Å²) in [4.78, 5) is 13.2. The third-order valence-corrected chi connectivity index (χ3v) is 3.07. The second kappa shape index (κ2) is 7.93. The van der Waals surface area contributed by atoms with Crippen LogP contribution >= 0.6 is 0 Å². The molecule has 0 atom stereocenters. The molecule has 4 nitrogen and oxygen atoms in total. The topological polar surface area (TPSA) is 44.1 Å². The summed E-state index contributed by atoms with van der Waals surface area (Å²) in [5.74, 6) is -0.195. The second-order valence-corrected chi connectivity index (χ2v) is 4.55. The summed E-state index contributed by atoms with van der Waals surface area (Å²) in [7, 11) is 0. The molecule has 0 aliphatic carbocycles. The number of hydrogen-bond donors (Lipinski definition) is 0. The summed E-state index contributed by atoms with van der Waals surface area (Å²) in [6, 6.07) is 10.7. The fraction of sp³-hybridized carbons (Fsp3) is 0.176. The van der Waals surface area contributed by atoms with Gasteiger partial charge in [0.05, 0.1) is 6.61 Å². The van der Waals surface area contributed by atoms with Gasteiger partial charge in [-0.25, -0.2) is 4.39 Å². The zero-order valence-corrected chi connectivity index (χ0v) is 12.3. The van der Waals surface area contributed by atoms with Crippen molar-refractivity contribution in [1.29, 1.82) is 0 Å².